The lowest BCUT2D eigenvalue weighted by atomic mass is 10.4. The first kappa shape index (κ1) is 11.4. The molecule has 1 aromatic rings. The summed E-state index contributed by atoms with van der Waals surface area (Å²) < 4.78 is 26.4. The number of rotatable bonds is 2. The average molecular weight is 308 g/mol. The molecule has 0 N–H and O–H groups in total. The minimum absolute atomic E-state index is 0.354. The van der Waals surface area contributed by atoms with Crippen molar-refractivity contribution in [3.63, 3.8) is 0 Å². The van der Waals surface area contributed by atoms with Gasteiger partial charge in [0.05, 0.1) is 10.8 Å². The number of benzene rings is 1. The van der Waals surface area contributed by atoms with Gasteiger partial charge in [0, 0.05) is 16.8 Å². The Morgan fingerprint density at radius 1 is 1.33 bits per heavy atom. The van der Waals surface area contributed by atoms with E-state index in [1.807, 2.05) is 6.07 Å². The standard InChI is InChI=1S/C9H10BrNO2S2/c10-8-3-1-2-4-9(8)15(12,13)11-5-6-14-7-11/h1-4H,5-7H2. The van der Waals surface area contributed by atoms with Gasteiger partial charge in [-0.25, -0.2) is 8.42 Å². The topological polar surface area (TPSA) is 37.4 Å². The van der Waals surface area contributed by atoms with Gasteiger partial charge in [-0.1, -0.05) is 12.1 Å². The van der Waals surface area contributed by atoms with Gasteiger partial charge in [0.25, 0.3) is 0 Å². The molecule has 0 aliphatic carbocycles. The van der Waals surface area contributed by atoms with E-state index in [1.165, 1.54) is 4.31 Å². The maximum absolute atomic E-state index is 12.1. The molecule has 1 aliphatic heterocycles. The van der Waals surface area contributed by atoms with Crippen LogP contribution >= 0.6 is 27.7 Å². The molecule has 1 aromatic carbocycles. The molecule has 1 aliphatic rings. The summed E-state index contributed by atoms with van der Waals surface area (Å²) in [7, 11) is -3.30. The second kappa shape index (κ2) is 4.45. The van der Waals surface area contributed by atoms with E-state index in [9.17, 15) is 8.42 Å². The Labute approximate surface area is 102 Å². The normalized spacial score (nSPS) is 18.2. The number of thioether (sulfide) groups is 1. The Morgan fingerprint density at radius 3 is 2.67 bits per heavy atom. The Bertz CT molecular complexity index is 455. The number of hydrogen-bond donors (Lipinski definition) is 0. The van der Waals surface area contributed by atoms with Gasteiger partial charge in [-0.3, -0.25) is 0 Å². The van der Waals surface area contributed by atoms with Crippen LogP contribution in [0.3, 0.4) is 0 Å². The third kappa shape index (κ3) is 2.22. The van der Waals surface area contributed by atoms with E-state index in [2.05, 4.69) is 15.9 Å². The quantitative estimate of drug-likeness (QED) is 0.840. The third-order valence-electron chi connectivity index (χ3n) is 2.17. The number of sulfonamides is 1. The Kier molecular flexibility index (Phi) is 3.39. The van der Waals surface area contributed by atoms with Gasteiger partial charge >= 0.3 is 0 Å². The third-order valence-corrected chi connectivity index (χ3v) is 6.16. The van der Waals surface area contributed by atoms with Crippen LogP contribution in [-0.4, -0.2) is 30.9 Å². The lowest BCUT2D eigenvalue weighted by Gasteiger charge is -2.15. The summed E-state index contributed by atoms with van der Waals surface area (Å²) in [5, 5.41) is 0. The molecule has 0 unspecified atom stereocenters. The lowest BCUT2D eigenvalue weighted by Crippen LogP contribution is -2.28. The predicted molar refractivity (Wildman–Crippen MR) is 65.4 cm³/mol. The molecule has 6 heteroatoms. The van der Waals surface area contributed by atoms with E-state index in [4.69, 9.17) is 0 Å². The van der Waals surface area contributed by atoms with E-state index >= 15 is 0 Å². The fourth-order valence-electron chi connectivity index (χ4n) is 1.38. The van der Waals surface area contributed by atoms with Crippen molar-refractivity contribution in [2.24, 2.45) is 0 Å². The molecule has 15 heavy (non-hydrogen) atoms. The van der Waals surface area contributed by atoms with Crippen LogP contribution in [0.25, 0.3) is 0 Å². The smallest absolute Gasteiger partial charge is 0.207 e. The van der Waals surface area contributed by atoms with E-state index in [0.29, 0.717) is 21.8 Å². The highest BCUT2D eigenvalue weighted by molar-refractivity contribution is 9.10. The van der Waals surface area contributed by atoms with Crippen molar-refractivity contribution in [1.82, 2.24) is 4.31 Å². The van der Waals surface area contributed by atoms with Gasteiger partial charge in [0.1, 0.15) is 0 Å². The predicted octanol–water partition coefficient (Wildman–Crippen LogP) is 2.14. The molecular weight excluding hydrogens is 298 g/mol. The largest absolute Gasteiger partial charge is 0.244 e. The van der Waals surface area contributed by atoms with Crippen LogP contribution in [0.2, 0.25) is 0 Å². The average Bonchev–Trinajstić information content (AvgIpc) is 2.71. The molecule has 0 saturated carbocycles. The molecule has 3 nitrogen and oxygen atoms in total. The molecule has 0 amide bonds. The maximum atomic E-state index is 12.1. The molecule has 0 aromatic heterocycles. The molecule has 0 spiro atoms. The lowest BCUT2D eigenvalue weighted by molar-refractivity contribution is 0.489. The minimum Gasteiger partial charge on any atom is -0.207 e. The highest BCUT2D eigenvalue weighted by Crippen LogP contribution is 2.28. The first-order valence-electron chi connectivity index (χ1n) is 4.45. The zero-order valence-electron chi connectivity index (χ0n) is 7.89. The van der Waals surface area contributed by atoms with Crippen LogP contribution in [0.4, 0.5) is 0 Å². The van der Waals surface area contributed by atoms with Crippen molar-refractivity contribution in [2.75, 3.05) is 18.2 Å². The van der Waals surface area contributed by atoms with Crippen molar-refractivity contribution in [3.8, 4) is 0 Å². The second-order valence-electron chi connectivity index (χ2n) is 3.15. The molecule has 0 atom stereocenters. The summed E-state index contributed by atoms with van der Waals surface area (Å²) in [6.07, 6.45) is 0. The second-order valence-corrected chi connectivity index (χ2v) is 6.98. The zero-order valence-corrected chi connectivity index (χ0v) is 11.1. The van der Waals surface area contributed by atoms with Crippen molar-refractivity contribution in [2.45, 2.75) is 4.90 Å². The van der Waals surface area contributed by atoms with Crippen molar-refractivity contribution in [1.29, 1.82) is 0 Å². The first-order valence-corrected chi connectivity index (χ1v) is 7.83. The molecule has 1 heterocycles. The fourth-order valence-corrected chi connectivity index (χ4v) is 5.16. The Balaban J connectivity index is 2.41. The Morgan fingerprint density at radius 2 is 2.07 bits per heavy atom. The van der Waals surface area contributed by atoms with Crippen molar-refractivity contribution in [3.05, 3.63) is 28.7 Å². The summed E-state index contributed by atoms with van der Waals surface area (Å²) in [4.78, 5) is 0.354. The molecule has 1 fully saturated rings. The van der Waals surface area contributed by atoms with E-state index in [1.54, 1.807) is 30.0 Å². The van der Waals surface area contributed by atoms with Crippen molar-refractivity contribution < 1.29 is 8.42 Å². The maximum Gasteiger partial charge on any atom is 0.244 e. The highest BCUT2D eigenvalue weighted by atomic mass is 79.9. The van der Waals surface area contributed by atoms with E-state index in [0.717, 1.165) is 5.75 Å². The molecule has 2 rings (SSSR count). The summed E-state index contributed by atoms with van der Waals surface area (Å²) in [5.74, 6) is 1.44. The summed E-state index contributed by atoms with van der Waals surface area (Å²) >= 11 is 4.91. The molecular formula is C9H10BrNO2S2. The van der Waals surface area contributed by atoms with Gasteiger partial charge in [0.2, 0.25) is 10.0 Å². The Hall–Kier alpha value is -0.0400. The summed E-state index contributed by atoms with van der Waals surface area (Å²) in [6, 6.07) is 6.92. The van der Waals surface area contributed by atoms with Crippen LogP contribution in [0.15, 0.2) is 33.6 Å². The van der Waals surface area contributed by atoms with Crippen LogP contribution in [0.5, 0.6) is 0 Å². The van der Waals surface area contributed by atoms with Gasteiger partial charge < -0.3 is 0 Å². The number of halogens is 1. The monoisotopic (exact) mass is 307 g/mol. The minimum atomic E-state index is -3.30. The van der Waals surface area contributed by atoms with Gasteiger partial charge in [0.15, 0.2) is 0 Å². The number of nitrogens with zero attached hydrogens (tertiary/aromatic N) is 1. The molecule has 0 radical (unpaired) electrons. The highest BCUT2D eigenvalue weighted by Gasteiger charge is 2.28. The van der Waals surface area contributed by atoms with Crippen LogP contribution < -0.4 is 0 Å². The van der Waals surface area contributed by atoms with Gasteiger partial charge in [-0.2, -0.15) is 4.31 Å². The van der Waals surface area contributed by atoms with Gasteiger partial charge in [-0.05, 0) is 28.1 Å². The molecule has 0 bridgehead atoms. The van der Waals surface area contributed by atoms with E-state index < -0.39 is 10.0 Å². The van der Waals surface area contributed by atoms with Crippen LogP contribution in [0, 0.1) is 0 Å². The number of hydrogen-bond acceptors (Lipinski definition) is 3. The van der Waals surface area contributed by atoms with Gasteiger partial charge in [-0.15, -0.1) is 11.8 Å². The van der Waals surface area contributed by atoms with Crippen molar-refractivity contribution >= 4 is 37.7 Å². The molecule has 82 valence electrons. The zero-order chi connectivity index (χ0) is 10.9. The first-order chi connectivity index (χ1) is 7.12. The molecule has 1 saturated heterocycles. The fraction of sp³-hybridized carbons (Fsp3) is 0.333. The summed E-state index contributed by atoms with van der Waals surface area (Å²) in [5.41, 5.74) is 0. The van der Waals surface area contributed by atoms with E-state index in [-0.39, 0.29) is 0 Å². The SMILES string of the molecule is O=S(=O)(c1ccccc1Br)N1CCSC1. The summed E-state index contributed by atoms with van der Waals surface area (Å²) in [6.45, 7) is 0.605. The van der Waals surface area contributed by atoms with Crippen LogP contribution in [0.1, 0.15) is 0 Å². The van der Waals surface area contributed by atoms with Crippen LogP contribution in [-0.2, 0) is 10.0 Å².